The molecule has 1 aliphatic carbocycles. The third-order valence-corrected chi connectivity index (χ3v) is 9.67. The maximum absolute atomic E-state index is 13.1. The van der Waals surface area contributed by atoms with E-state index in [2.05, 4.69) is 43.5 Å². The van der Waals surface area contributed by atoms with E-state index in [-0.39, 0.29) is 0 Å². The molecule has 0 saturated heterocycles. The first-order valence-corrected chi connectivity index (χ1v) is 14.4. The standard InChI is InChI=1S/C26H35N3O2S2/c1-5-6-15-28(4)33(30,31)23-13-14-25-24(17-23)27-26(29(25)22-9-7-8-10-22)32-18-21-12-11-19(2)20(3)16-21/h11-14,16-17,22H,5-10,15,18H2,1-4H3. The lowest BCUT2D eigenvalue weighted by Crippen LogP contribution is -2.27. The van der Waals surface area contributed by atoms with Crippen LogP contribution in [0.1, 0.15) is 68.2 Å². The number of nitrogens with zero attached hydrogens (tertiary/aromatic N) is 3. The molecule has 1 aliphatic rings. The molecule has 0 atom stereocenters. The van der Waals surface area contributed by atoms with Crippen LogP contribution in [-0.2, 0) is 15.8 Å². The van der Waals surface area contributed by atoms with E-state index < -0.39 is 10.0 Å². The largest absolute Gasteiger partial charge is 0.316 e. The molecule has 0 bridgehead atoms. The van der Waals surface area contributed by atoms with Crippen LogP contribution in [0, 0.1) is 13.8 Å². The molecule has 1 heterocycles. The van der Waals surface area contributed by atoms with Gasteiger partial charge in [0, 0.05) is 25.4 Å². The minimum absolute atomic E-state index is 0.329. The Morgan fingerprint density at radius 2 is 1.85 bits per heavy atom. The van der Waals surface area contributed by atoms with E-state index in [1.165, 1.54) is 33.8 Å². The van der Waals surface area contributed by atoms with Gasteiger partial charge in [0.1, 0.15) is 0 Å². The van der Waals surface area contributed by atoms with Crippen molar-refractivity contribution in [2.24, 2.45) is 0 Å². The summed E-state index contributed by atoms with van der Waals surface area (Å²) >= 11 is 1.75. The number of sulfonamides is 1. The van der Waals surface area contributed by atoms with Crippen LogP contribution in [0.4, 0.5) is 0 Å². The van der Waals surface area contributed by atoms with Crippen LogP contribution in [0.15, 0.2) is 46.5 Å². The lowest BCUT2D eigenvalue weighted by atomic mass is 10.1. The summed E-state index contributed by atoms with van der Waals surface area (Å²) in [5, 5.41) is 0.990. The number of hydrogen-bond donors (Lipinski definition) is 0. The first-order chi connectivity index (χ1) is 15.8. The summed E-state index contributed by atoms with van der Waals surface area (Å²) in [5.74, 6) is 0.849. The number of aryl methyl sites for hydroxylation is 2. The minimum atomic E-state index is -3.51. The van der Waals surface area contributed by atoms with Gasteiger partial charge in [0.05, 0.1) is 15.9 Å². The van der Waals surface area contributed by atoms with E-state index in [9.17, 15) is 8.42 Å². The zero-order valence-corrected chi connectivity index (χ0v) is 21.8. The first-order valence-electron chi connectivity index (χ1n) is 12.0. The molecule has 0 aliphatic heterocycles. The Labute approximate surface area is 202 Å². The van der Waals surface area contributed by atoms with E-state index in [4.69, 9.17) is 4.98 Å². The molecule has 1 aromatic heterocycles. The van der Waals surface area contributed by atoms with Crippen molar-refractivity contribution < 1.29 is 8.42 Å². The lowest BCUT2D eigenvalue weighted by molar-refractivity contribution is 0.459. The van der Waals surface area contributed by atoms with Gasteiger partial charge in [-0.15, -0.1) is 0 Å². The maximum atomic E-state index is 13.1. The smallest absolute Gasteiger partial charge is 0.242 e. The molecule has 1 saturated carbocycles. The van der Waals surface area contributed by atoms with Gasteiger partial charge in [-0.25, -0.2) is 17.7 Å². The van der Waals surface area contributed by atoms with Crippen LogP contribution in [0.3, 0.4) is 0 Å². The van der Waals surface area contributed by atoms with Crippen molar-refractivity contribution in [2.75, 3.05) is 13.6 Å². The van der Waals surface area contributed by atoms with Crippen molar-refractivity contribution in [1.82, 2.24) is 13.9 Å². The molecule has 3 aromatic rings. The molecule has 0 amide bonds. The second kappa shape index (κ2) is 10.2. The molecule has 4 rings (SSSR count). The summed E-state index contributed by atoms with van der Waals surface area (Å²) in [7, 11) is -1.85. The predicted octanol–water partition coefficient (Wildman–Crippen LogP) is 6.48. The van der Waals surface area contributed by atoms with Crippen molar-refractivity contribution in [1.29, 1.82) is 0 Å². The van der Waals surface area contributed by atoms with E-state index in [1.807, 2.05) is 6.07 Å². The van der Waals surface area contributed by atoms with Crippen molar-refractivity contribution in [2.45, 2.75) is 81.1 Å². The van der Waals surface area contributed by atoms with Crippen molar-refractivity contribution in [3.05, 3.63) is 53.1 Å². The topological polar surface area (TPSA) is 55.2 Å². The fourth-order valence-corrected chi connectivity index (χ4v) is 6.81. The van der Waals surface area contributed by atoms with Gasteiger partial charge in [-0.1, -0.05) is 56.1 Å². The van der Waals surface area contributed by atoms with E-state index in [0.29, 0.717) is 17.5 Å². The van der Waals surface area contributed by atoms with Crippen LogP contribution in [0.2, 0.25) is 0 Å². The Bertz CT molecular complexity index is 1230. The van der Waals surface area contributed by atoms with Crippen molar-refractivity contribution in [3.63, 3.8) is 0 Å². The Kier molecular flexibility index (Phi) is 7.51. The van der Waals surface area contributed by atoms with Gasteiger partial charge in [-0.3, -0.25) is 0 Å². The average Bonchev–Trinajstić information content (AvgIpc) is 3.44. The zero-order chi connectivity index (χ0) is 23.6. The summed E-state index contributed by atoms with van der Waals surface area (Å²) in [6.45, 7) is 6.89. The van der Waals surface area contributed by atoms with Gasteiger partial charge in [-0.05, 0) is 68.0 Å². The molecular formula is C26H35N3O2S2. The average molecular weight is 486 g/mol. The van der Waals surface area contributed by atoms with E-state index in [1.54, 1.807) is 30.9 Å². The fraction of sp³-hybridized carbons (Fsp3) is 0.500. The van der Waals surface area contributed by atoms with Gasteiger partial charge >= 0.3 is 0 Å². The highest BCUT2D eigenvalue weighted by Crippen LogP contribution is 2.38. The molecule has 7 heteroatoms. The van der Waals surface area contributed by atoms with Crippen LogP contribution < -0.4 is 0 Å². The molecule has 0 radical (unpaired) electrons. The van der Waals surface area contributed by atoms with Crippen molar-refractivity contribution in [3.8, 4) is 0 Å². The van der Waals surface area contributed by atoms with Gasteiger partial charge < -0.3 is 4.57 Å². The van der Waals surface area contributed by atoms with Crippen molar-refractivity contribution >= 4 is 32.8 Å². The summed E-state index contributed by atoms with van der Waals surface area (Å²) < 4.78 is 30.0. The van der Waals surface area contributed by atoms with Gasteiger partial charge in [-0.2, -0.15) is 0 Å². The molecule has 178 valence electrons. The SMILES string of the molecule is CCCCN(C)S(=O)(=O)c1ccc2c(c1)nc(SCc1ccc(C)c(C)c1)n2C1CCCC1. The van der Waals surface area contributed by atoms with Crippen LogP contribution in [0.5, 0.6) is 0 Å². The summed E-state index contributed by atoms with van der Waals surface area (Å²) in [5.41, 5.74) is 5.71. The summed E-state index contributed by atoms with van der Waals surface area (Å²) in [6.07, 6.45) is 6.60. The maximum Gasteiger partial charge on any atom is 0.242 e. The number of thioether (sulfide) groups is 1. The molecule has 0 unspecified atom stereocenters. The number of benzene rings is 2. The number of hydrogen-bond acceptors (Lipinski definition) is 4. The fourth-order valence-electron chi connectivity index (χ4n) is 4.56. The second-order valence-corrected chi connectivity index (χ2v) is 12.2. The highest BCUT2D eigenvalue weighted by atomic mass is 32.2. The predicted molar refractivity (Wildman–Crippen MR) is 137 cm³/mol. The second-order valence-electron chi connectivity index (χ2n) is 9.24. The monoisotopic (exact) mass is 485 g/mol. The number of rotatable bonds is 9. The Balaban J connectivity index is 1.68. The zero-order valence-electron chi connectivity index (χ0n) is 20.2. The molecule has 0 spiro atoms. The summed E-state index contributed by atoms with van der Waals surface area (Å²) in [4.78, 5) is 5.28. The number of aromatic nitrogens is 2. The molecule has 2 aromatic carbocycles. The summed E-state index contributed by atoms with van der Waals surface area (Å²) in [6, 6.07) is 12.5. The normalized spacial score (nSPS) is 15.2. The van der Waals surface area contributed by atoms with E-state index in [0.717, 1.165) is 47.6 Å². The Morgan fingerprint density at radius 1 is 1.09 bits per heavy atom. The molecule has 0 N–H and O–H groups in total. The first kappa shape index (κ1) is 24.3. The third-order valence-electron chi connectivity index (χ3n) is 6.79. The molecule has 33 heavy (non-hydrogen) atoms. The number of imidazole rings is 1. The Hall–Kier alpha value is -1.83. The number of unbranched alkanes of at least 4 members (excludes halogenated alkanes) is 1. The van der Waals surface area contributed by atoms with Crippen LogP contribution >= 0.6 is 11.8 Å². The van der Waals surface area contributed by atoms with Gasteiger partial charge in [0.15, 0.2) is 5.16 Å². The van der Waals surface area contributed by atoms with Crippen LogP contribution in [-0.4, -0.2) is 35.9 Å². The van der Waals surface area contributed by atoms with E-state index >= 15 is 0 Å². The van der Waals surface area contributed by atoms with Gasteiger partial charge in [0.2, 0.25) is 10.0 Å². The van der Waals surface area contributed by atoms with Gasteiger partial charge in [0.25, 0.3) is 0 Å². The lowest BCUT2D eigenvalue weighted by Gasteiger charge is -2.18. The minimum Gasteiger partial charge on any atom is -0.316 e. The molecular weight excluding hydrogens is 450 g/mol. The highest BCUT2D eigenvalue weighted by Gasteiger charge is 2.25. The molecule has 5 nitrogen and oxygen atoms in total. The molecule has 1 fully saturated rings. The Morgan fingerprint density at radius 3 is 2.55 bits per heavy atom. The highest BCUT2D eigenvalue weighted by molar-refractivity contribution is 7.98. The van der Waals surface area contributed by atoms with Crippen LogP contribution in [0.25, 0.3) is 11.0 Å². The third kappa shape index (κ3) is 5.15. The quantitative estimate of drug-likeness (QED) is 0.325. The number of fused-ring (bicyclic) bond motifs is 1.